The molecule has 0 aromatic rings. The smallest absolute Gasteiger partial charge is 0.0870 e. The molecule has 1 N–H and O–H groups in total. The fraction of sp³-hybridized carbons (Fsp3) is 0.400. The lowest BCUT2D eigenvalue weighted by molar-refractivity contribution is 1.11. The van der Waals surface area contributed by atoms with Crippen molar-refractivity contribution in [2.45, 2.75) is 6.92 Å². The number of nitrogens with one attached hydrogen (secondary N) is 1. The molecule has 2 nitrogen and oxygen atoms in total. The number of nitrogens with zero attached hydrogens (tertiary/aromatic N) is 1. The van der Waals surface area contributed by atoms with Gasteiger partial charge in [0, 0.05) is 5.70 Å². The molecule has 1 aliphatic rings. The summed E-state index contributed by atoms with van der Waals surface area (Å²) in [6.45, 7) is 2.83. The minimum atomic E-state index is 0.830. The quantitative estimate of drug-likeness (QED) is 0.467. The van der Waals surface area contributed by atoms with Crippen molar-refractivity contribution in [2.24, 2.45) is 4.99 Å². The van der Waals surface area contributed by atoms with Crippen LogP contribution in [0.15, 0.2) is 16.8 Å². The van der Waals surface area contributed by atoms with Gasteiger partial charge in [0.2, 0.25) is 0 Å². The van der Waals surface area contributed by atoms with Crippen LogP contribution in [0, 0.1) is 0 Å². The van der Waals surface area contributed by atoms with E-state index in [1.165, 1.54) is 5.70 Å². The normalized spacial score (nSPS) is 23.3. The first-order valence-electron chi connectivity index (χ1n) is 2.33. The first-order valence-corrected chi connectivity index (χ1v) is 2.33. The Labute approximate surface area is 42.9 Å². The Hall–Kier alpha value is -0.790. The molecule has 38 valence electrons. The van der Waals surface area contributed by atoms with Gasteiger partial charge in [-0.1, -0.05) is 6.08 Å². The molecule has 2 heteroatoms. The predicted molar refractivity (Wildman–Crippen MR) is 30.3 cm³/mol. The third-order valence-electron chi connectivity index (χ3n) is 0.951. The van der Waals surface area contributed by atoms with E-state index in [1.807, 2.05) is 13.0 Å². The average Bonchev–Trinajstić information content (AvgIpc) is 2.14. The van der Waals surface area contributed by atoms with Crippen LogP contribution in [0.25, 0.3) is 0 Å². The number of allylic oxidation sites excluding steroid dienone is 1. The molecule has 0 atom stereocenters. The third kappa shape index (κ3) is 0.796. The van der Waals surface area contributed by atoms with Gasteiger partial charge in [0.15, 0.2) is 0 Å². The van der Waals surface area contributed by atoms with Crippen LogP contribution in [0.5, 0.6) is 0 Å². The van der Waals surface area contributed by atoms with E-state index < -0.39 is 0 Å². The average molecular weight is 96.1 g/mol. The second-order valence-corrected chi connectivity index (χ2v) is 1.43. The van der Waals surface area contributed by atoms with Crippen molar-refractivity contribution in [1.29, 1.82) is 0 Å². The largest absolute Gasteiger partial charge is 0.349 e. The van der Waals surface area contributed by atoms with Crippen molar-refractivity contribution in [3.8, 4) is 0 Å². The van der Waals surface area contributed by atoms with Crippen molar-refractivity contribution >= 4 is 6.34 Å². The van der Waals surface area contributed by atoms with E-state index in [1.54, 1.807) is 6.34 Å². The van der Waals surface area contributed by atoms with Gasteiger partial charge in [0.25, 0.3) is 0 Å². The van der Waals surface area contributed by atoms with Crippen molar-refractivity contribution in [1.82, 2.24) is 5.32 Å². The highest BCUT2D eigenvalue weighted by Gasteiger charge is 1.93. The summed E-state index contributed by atoms with van der Waals surface area (Å²) in [7, 11) is 0. The molecule has 0 aromatic heterocycles. The van der Waals surface area contributed by atoms with Crippen LogP contribution >= 0.6 is 0 Å². The van der Waals surface area contributed by atoms with E-state index >= 15 is 0 Å². The van der Waals surface area contributed by atoms with Gasteiger partial charge in [0.05, 0.1) is 12.9 Å². The zero-order valence-electron chi connectivity index (χ0n) is 4.31. The van der Waals surface area contributed by atoms with Crippen LogP contribution in [0.3, 0.4) is 0 Å². The van der Waals surface area contributed by atoms with E-state index in [0.29, 0.717) is 0 Å². The zero-order valence-corrected chi connectivity index (χ0v) is 4.31. The fourth-order valence-corrected chi connectivity index (χ4v) is 0.493. The predicted octanol–water partition coefficient (Wildman–Crippen LogP) is 0.522. The standard InChI is InChI=1S/C5H8N2/c1-2-5-3-6-4-7-5/h2,4H,3H2,1H3,(H,6,7). The summed E-state index contributed by atoms with van der Waals surface area (Å²) in [6.07, 6.45) is 3.74. The monoisotopic (exact) mass is 96.1 g/mol. The first-order chi connectivity index (χ1) is 3.43. The Bertz CT molecular complexity index is 103. The number of aliphatic imine (C=N–C) groups is 1. The van der Waals surface area contributed by atoms with Gasteiger partial charge < -0.3 is 5.32 Å². The van der Waals surface area contributed by atoms with Crippen molar-refractivity contribution in [3.63, 3.8) is 0 Å². The molecule has 7 heavy (non-hydrogen) atoms. The fourth-order valence-electron chi connectivity index (χ4n) is 0.493. The van der Waals surface area contributed by atoms with E-state index in [2.05, 4.69) is 10.3 Å². The topological polar surface area (TPSA) is 24.4 Å². The maximum atomic E-state index is 3.93. The minimum absolute atomic E-state index is 0.830. The minimum Gasteiger partial charge on any atom is -0.349 e. The van der Waals surface area contributed by atoms with Crippen molar-refractivity contribution in [2.75, 3.05) is 6.54 Å². The van der Waals surface area contributed by atoms with Gasteiger partial charge in [0.1, 0.15) is 0 Å². The Morgan fingerprint density at radius 2 is 2.86 bits per heavy atom. The van der Waals surface area contributed by atoms with Crippen molar-refractivity contribution in [3.05, 3.63) is 11.8 Å². The molecule has 1 aliphatic heterocycles. The molecule has 0 bridgehead atoms. The summed E-state index contributed by atoms with van der Waals surface area (Å²) in [5, 5.41) is 2.98. The summed E-state index contributed by atoms with van der Waals surface area (Å²) in [5.74, 6) is 0. The van der Waals surface area contributed by atoms with Crippen LogP contribution < -0.4 is 5.32 Å². The van der Waals surface area contributed by atoms with E-state index in [-0.39, 0.29) is 0 Å². The third-order valence-corrected chi connectivity index (χ3v) is 0.951. The molecule has 0 fully saturated rings. The lowest BCUT2D eigenvalue weighted by Crippen LogP contribution is -2.03. The van der Waals surface area contributed by atoms with Crippen LogP contribution in [-0.4, -0.2) is 12.9 Å². The molecular weight excluding hydrogens is 88.1 g/mol. The molecular formula is C5H8N2. The van der Waals surface area contributed by atoms with Crippen LogP contribution in [-0.2, 0) is 0 Å². The molecule has 0 amide bonds. The van der Waals surface area contributed by atoms with Gasteiger partial charge in [-0.05, 0) is 6.92 Å². The SMILES string of the molecule is CC=C1CN=CN1. The molecule has 0 aliphatic carbocycles. The lowest BCUT2D eigenvalue weighted by atomic mass is 10.4. The molecule has 0 spiro atoms. The van der Waals surface area contributed by atoms with Crippen LogP contribution in [0.1, 0.15) is 6.92 Å². The van der Waals surface area contributed by atoms with Gasteiger partial charge in [-0.3, -0.25) is 4.99 Å². The van der Waals surface area contributed by atoms with E-state index in [0.717, 1.165) is 6.54 Å². The van der Waals surface area contributed by atoms with Gasteiger partial charge >= 0.3 is 0 Å². The zero-order chi connectivity index (χ0) is 5.11. The maximum Gasteiger partial charge on any atom is 0.0870 e. The molecule has 1 heterocycles. The Morgan fingerprint density at radius 1 is 2.00 bits per heavy atom. The van der Waals surface area contributed by atoms with Gasteiger partial charge in [-0.2, -0.15) is 0 Å². The highest BCUT2D eigenvalue weighted by molar-refractivity contribution is 5.61. The molecule has 0 saturated heterocycles. The number of hydrogen-bond donors (Lipinski definition) is 1. The summed E-state index contributed by atoms with van der Waals surface area (Å²) in [4.78, 5) is 3.93. The summed E-state index contributed by atoms with van der Waals surface area (Å²) < 4.78 is 0. The highest BCUT2D eigenvalue weighted by Crippen LogP contribution is 1.91. The second-order valence-electron chi connectivity index (χ2n) is 1.43. The molecule has 0 unspecified atom stereocenters. The highest BCUT2D eigenvalue weighted by atomic mass is 15.0. The Kier molecular flexibility index (Phi) is 1.11. The van der Waals surface area contributed by atoms with Crippen LogP contribution in [0.2, 0.25) is 0 Å². The molecule has 0 radical (unpaired) electrons. The second kappa shape index (κ2) is 1.78. The van der Waals surface area contributed by atoms with E-state index in [4.69, 9.17) is 0 Å². The molecule has 0 saturated carbocycles. The first kappa shape index (κ1) is 4.37. The molecule has 1 rings (SSSR count). The summed E-state index contributed by atoms with van der Waals surface area (Å²) in [6, 6.07) is 0. The number of hydrogen-bond acceptors (Lipinski definition) is 2. The van der Waals surface area contributed by atoms with Crippen molar-refractivity contribution < 1.29 is 0 Å². The van der Waals surface area contributed by atoms with Gasteiger partial charge in [-0.25, -0.2) is 0 Å². The molecule has 0 aromatic carbocycles. The Balaban J connectivity index is 2.51. The van der Waals surface area contributed by atoms with E-state index in [9.17, 15) is 0 Å². The summed E-state index contributed by atoms with van der Waals surface area (Å²) in [5.41, 5.74) is 1.19. The van der Waals surface area contributed by atoms with Gasteiger partial charge in [-0.15, -0.1) is 0 Å². The lowest BCUT2D eigenvalue weighted by Gasteiger charge is -1.88. The number of rotatable bonds is 0. The Morgan fingerprint density at radius 3 is 3.14 bits per heavy atom. The summed E-state index contributed by atoms with van der Waals surface area (Å²) >= 11 is 0. The maximum absolute atomic E-state index is 3.93. The van der Waals surface area contributed by atoms with Crippen LogP contribution in [0.4, 0.5) is 0 Å².